The molecule has 1 fully saturated rings. The van der Waals surface area contributed by atoms with E-state index in [0.29, 0.717) is 12.8 Å². The van der Waals surface area contributed by atoms with Gasteiger partial charge in [-0.2, -0.15) is 5.10 Å². The topological polar surface area (TPSA) is 46.5 Å². The van der Waals surface area contributed by atoms with Crippen LogP contribution < -0.4 is 0 Å². The predicted octanol–water partition coefficient (Wildman–Crippen LogP) is 4.26. The first kappa shape index (κ1) is 14.4. The number of hydrogen-bond donors (Lipinski definition) is 1. The standard InChI is InChI=1S/C17H18F2N4/c1-23-10-13(8-22-23)15-9-21-16-14(15)6-12(7-20-16)11-2-4-17(18,19)5-3-11/h6-11H,2-5H2,1H3,(H,20,21). The molecule has 0 radical (unpaired) electrons. The number of halogens is 2. The SMILES string of the molecule is Cn1cc(-c2c[nH]c3ncc(C4CCC(F)(F)CC4)cc23)cn1. The Labute approximate surface area is 132 Å². The van der Waals surface area contributed by atoms with Gasteiger partial charge in [-0.05, 0) is 30.4 Å². The molecule has 120 valence electrons. The molecule has 0 aliphatic heterocycles. The van der Waals surface area contributed by atoms with Crippen LogP contribution in [0.15, 0.2) is 30.9 Å². The first-order valence-electron chi connectivity index (χ1n) is 7.86. The van der Waals surface area contributed by atoms with Crippen LogP contribution in [-0.2, 0) is 7.05 Å². The number of pyridine rings is 1. The maximum atomic E-state index is 13.4. The maximum absolute atomic E-state index is 13.4. The van der Waals surface area contributed by atoms with Gasteiger partial charge in [0.1, 0.15) is 5.65 Å². The molecule has 0 saturated heterocycles. The van der Waals surface area contributed by atoms with E-state index in [0.717, 1.165) is 27.7 Å². The Hall–Kier alpha value is -2.24. The zero-order chi connectivity index (χ0) is 16.0. The molecule has 1 aliphatic carbocycles. The molecule has 4 rings (SSSR count). The molecule has 0 atom stereocenters. The van der Waals surface area contributed by atoms with E-state index in [2.05, 4.69) is 21.1 Å². The van der Waals surface area contributed by atoms with Crippen molar-refractivity contribution in [1.82, 2.24) is 19.7 Å². The lowest BCUT2D eigenvalue weighted by Gasteiger charge is -2.28. The zero-order valence-electron chi connectivity index (χ0n) is 12.9. The second-order valence-electron chi connectivity index (χ2n) is 6.40. The first-order valence-corrected chi connectivity index (χ1v) is 7.86. The molecule has 6 heteroatoms. The Morgan fingerprint density at radius 2 is 2.04 bits per heavy atom. The largest absolute Gasteiger partial charge is 0.346 e. The molecule has 3 aromatic heterocycles. The summed E-state index contributed by atoms with van der Waals surface area (Å²) in [5.74, 6) is -2.33. The maximum Gasteiger partial charge on any atom is 0.248 e. The van der Waals surface area contributed by atoms with Gasteiger partial charge in [0, 0.05) is 55.0 Å². The summed E-state index contributed by atoms with van der Waals surface area (Å²) in [6.45, 7) is 0. The number of fused-ring (bicyclic) bond motifs is 1. The molecule has 1 N–H and O–H groups in total. The van der Waals surface area contributed by atoms with Gasteiger partial charge in [0.05, 0.1) is 6.20 Å². The van der Waals surface area contributed by atoms with Gasteiger partial charge in [0.15, 0.2) is 0 Å². The highest BCUT2D eigenvalue weighted by Crippen LogP contribution is 2.41. The number of nitrogens with one attached hydrogen (secondary N) is 1. The lowest BCUT2D eigenvalue weighted by molar-refractivity contribution is -0.0382. The summed E-state index contributed by atoms with van der Waals surface area (Å²) < 4.78 is 28.5. The van der Waals surface area contributed by atoms with Gasteiger partial charge in [0.25, 0.3) is 0 Å². The number of rotatable bonds is 2. The van der Waals surface area contributed by atoms with E-state index in [1.54, 1.807) is 4.68 Å². The molecule has 3 aromatic rings. The lowest BCUT2D eigenvalue weighted by Crippen LogP contribution is -2.23. The summed E-state index contributed by atoms with van der Waals surface area (Å²) >= 11 is 0. The molecule has 0 amide bonds. The number of alkyl halides is 2. The van der Waals surface area contributed by atoms with Crippen LogP contribution in [0.25, 0.3) is 22.2 Å². The third-order valence-electron chi connectivity index (χ3n) is 4.76. The van der Waals surface area contributed by atoms with Crippen molar-refractivity contribution < 1.29 is 8.78 Å². The smallest absolute Gasteiger partial charge is 0.248 e. The molecule has 1 saturated carbocycles. The van der Waals surface area contributed by atoms with Gasteiger partial charge >= 0.3 is 0 Å². The molecule has 0 spiro atoms. The Kier molecular flexibility index (Phi) is 3.21. The summed E-state index contributed by atoms with van der Waals surface area (Å²) in [5.41, 5.74) is 3.93. The van der Waals surface area contributed by atoms with E-state index in [9.17, 15) is 8.78 Å². The van der Waals surface area contributed by atoms with Crippen molar-refractivity contribution in [2.75, 3.05) is 0 Å². The van der Waals surface area contributed by atoms with E-state index in [4.69, 9.17) is 0 Å². The van der Waals surface area contributed by atoms with Crippen LogP contribution in [0.1, 0.15) is 37.2 Å². The fourth-order valence-corrected chi connectivity index (χ4v) is 3.42. The van der Waals surface area contributed by atoms with Crippen LogP contribution in [0.2, 0.25) is 0 Å². The molecule has 0 bridgehead atoms. The van der Waals surface area contributed by atoms with Crippen molar-refractivity contribution in [3.63, 3.8) is 0 Å². The number of hydrogen-bond acceptors (Lipinski definition) is 2. The molecular weight excluding hydrogens is 298 g/mol. The summed E-state index contributed by atoms with van der Waals surface area (Å²) in [6, 6.07) is 2.09. The van der Waals surface area contributed by atoms with Crippen molar-refractivity contribution in [3.8, 4) is 11.1 Å². The number of aromatic amines is 1. The van der Waals surface area contributed by atoms with Gasteiger partial charge < -0.3 is 4.98 Å². The van der Waals surface area contributed by atoms with E-state index in [1.807, 2.05) is 31.8 Å². The monoisotopic (exact) mass is 316 g/mol. The molecule has 1 aliphatic rings. The molecule has 3 heterocycles. The molecule has 0 unspecified atom stereocenters. The number of H-pyrrole nitrogens is 1. The number of nitrogens with zero attached hydrogens (tertiary/aromatic N) is 3. The quantitative estimate of drug-likeness (QED) is 0.768. The summed E-state index contributed by atoms with van der Waals surface area (Å²) in [5, 5.41) is 5.23. The van der Waals surface area contributed by atoms with Crippen molar-refractivity contribution in [1.29, 1.82) is 0 Å². The minimum Gasteiger partial charge on any atom is -0.346 e. The fourth-order valence-electron chi connectivity index (χ4n) is 3.42. The Morgan fingerprint density at radius 1 is 1.26 bits per heavy atom. The molecule has 23 heavy (non-hydrogen) atoms. The van der Waals surface area contributed by atoms with Crippen molar-refractivity contribution in [2.45, 2.75) is 37.5 Å². The Balaban J connectivity index is 1.70. The zero-order valence-corrected chi connectivity index (χ0v) is 12.9. The average Bonchev–Trinajstić information content (AvgIpc) is 3.12. The average molecular weight is 316 g/mol. The van der Waals surface area contributed by atoms with Crippen molar-refractivity contribution in [3.05, 3.63) is 36.4 Å². The van der Waals surface area contributed by atoms with Gasteiger partial charge in [-0.25, -0.2) is 13.8 Å². The van der Waals surface area contributed by atoms with E-state index in [-0.39, 0.29) is 18.8 Å². The van der Waals surface area contributed by atoms with Crippen molar-refractivity contribution in [2.24, 2.45) is 7.05 Å². The van der Waals surface area contributed by atoms with Crippen molar-refractivity contribution >= 4 is 11.0 Å². The Bertz CT molecular complexity index is 839. The van der Waals surface area contributed by atoms with E-state index >= 15 is 0 Å². The fraction of sp³-hybridized carbons (Fsp3) is 0.412. The highest BCUT2D eigenvalue weighted by atomic mass is 19.3. The van der Waals surface area contributed by atoms with Gasteiger partial charge in [-0.1, -0.05) is 0 Å². The summed E-state index contributed by atoms with van der Waals surface area (Å²) in [4.78, 5) is 7.65. The molecular formula is C17H18F2N4. The van der Waals surface area contributed by atoms with E-state index in [1.165, 1.54) is 0 Å². The van der Waals surface area contributed by atoms with Gasteiger partial charge in [-0.3, -0.25) is 4.68 Å². The van der Waals surface area contributed by atoms with Crippen LogP contribution in [0.5, 0.6) is 0 Å². The minimum atomic E-state index is -2.50. The highest BCUT2D eigenvalue weighted by Gasteiger charge is 2.35. The third kappa shape index (κ3) is 2.62. The van der Waals surface area contributed by atoms with Crippen LogP contribution in [-0.4, -0.2) is 25.7 Å². The van der Waals surface area contributed by atoms with Crippen LogP contribution in [0.4, 0.5) is 8.78 Å². The predicted molar refractivity (Wildman–Crippen MR) is 84.5 cm³/mol. The van der Waals surface area contributed by atoms with Gasteiger partial charge in [-0.15, -0.1) is 0 Å². The van der Waals surface area contributed by atoms with Crippen LogP contribution >= 0.6 is 0 Å². The number of aryl methyl sites for hydroxylation is 1. The second kappa shape index (κ2) is 5.15. The van der Waals surface area contributed by atoms with Crippen LogP contribution in [0, 0.1) is 0 Å². The Morgan fingerprint density at radius 3 is 2.74 bits per heavy atom. The minimum absolute atomic E-state index is 0.0295. The van der Waals surface area contributed by atoms with Crippen LogP contribution in [0.3, 0.4) is 0 Å². The number of aromatic nitrogens is 4. The summed E-state index contributed by atoms with van der Waals surface area (Å²) in [6.07, 6.45) is 8.50. The van der Waals surface area contributed by atoms with E-state index < -0.39 is 5.92 Å². The molecule has 4 nitrogen and oxygen atoms in total. The lowest BCUT2D eigenvalue weighted by atomic mass is 9.82. The second-order valence-corrected chi connectivity index (χ2v) is 6.40. The van der Waals surface area contributed by atoms with Gasteiger partial charge in [0.2, 0.25) is 5.92 Å². The third-order valence-corrected chi connectivity index (χ3v) is 4.76. The highest BCUT2D eigenvalue weighted by molar-refractivity contribution is 5.93. The molecule has 0 aromatic carbocycles. The summed E-state index contributed by atoms with van der Waals surface area (Å²) in [7, 11) is 1.88. The first-order chi connectivity index (χ1) is 11.0. The normalized spacial score (nSPS) is 18.6.